The van der Waals surface area contributed by atoms with Crippen molar-refractivity contribution in [2.45, 2.75) is 19.0 Å². The van der Waals surface area contributed by atoms with E-state index in [0.29, 0.717) is 6.04 Å². The van der Waals surface area contributed by atoms with Crippen LogP contribution in [0.4, 0.5) is 0 Å². The van der Waals surface area contributed by atoms with Gasteiger partial charge in [0.2, 0.25) is 0 Å². The van der Waals surface area contributed by atoms with Crippen molar-refractivity contribution in [2.75, 3.05) is 27.3 Å². The molecular weight excluding hydrogens is 378 g/mol. The molecule has 4 heteroatoms. The first-order chi connectivity index (χ1) is 11.7. The molecule has 3 nitrogen and oxygen atoms in total. The lowest BCUT2D eigenvalue weighted by molar-refractivity contribution is -0.821. The largest absolute Gasteiger partial charge is 1.00 e. The van der Waals surface area contributed by atoms with Gasteiger partial charge in [0, 0.05) is 18.1 Å². The van der Waals surface area contributed by atoms with Gasteiger partial charge >= 0.3 is 0 Å². The van der Waals surface area contributed by atoms with Gasteiger partial charge in [0.05, 0.1) is 20.8 Å². The van der Waals surface area contributed by atoms with E-state index >= 15 is 0 Å². The fourth-order valence-electron chi connectivity index (χ4n) is 3.58. The predicted molar refractivity (Wildman–Crippen MR) is 97.4 cm³/mol. The van der Waals surface area contributed by atoms with Gasteiger partial charge in [-0.2, -0.15) is 0 Å². The molecule has 0 spiro atoms. The Kier molecular flexibility index (Phi) is 6.68. The number of halogens is 1. The van der Waals surface area contributed by atoms with Crippen LogP contribution in [0.5, 0.6) is 11.5 Å². The van der Waals surface area contributed by atoms with E-state index in [1.165, 1.54) is 17.7 Å². The molecule has 134 valence electrons. The molecule has 0 amide bonds. The zero-order valence-corrected chi connectivity index (χ0v) is 16.5. The molecule has 1 fully saturated rings. The minimum absolute atomic E-state index is 0. The Bertz CT molecular complexity index is 704. The number of ether oxygens (including phenoxy) is 2. The standard InChI is InChI=1S/C21H26NO2.BrH/c1-4-12-22(16-19(22)13-17-8-6-5-7-9-17)15-18-10-11-20(23-2)14-21(18)24-3;/h4-11,14,19H,1,12-13,15-16H2,2-3H3;1H/q+1;/p-1. The fourth-order valence-corrected chi connectivity index (χ4v) is 3.58. The van der Waals surface area contributed by atoms with Crippen LogP contribution in [0.2, 0.25) is 0 Å². The Balaban J connectivity index is 0.00000225. The zero-order valence-electron chi connectivity index (χ0n) is 15.0. The van der Waals surface area contributed by atoms with E-state index < -0.39 is 0 Å². The minimum atomic E-state index is 0. The minimum Gasteiger partial charge on any atom is -1.00 e. The fraction of sp³-hybridized carbons (Fsp3) is 0.333. The van der Waals surface area contributed by atoms with Crippen molar-refractivity contribution in [1.29, 1.82) is 0 Å². The van der Waals surface area contributed by atoms with Crippen LogP contribution >= 0.6 is 0 Å². The van der Waals surface area contributed by atoms with Crippen molar-refractivity contribution < 1.29 is 30.9 Å². The lowest BCUT2D eigenvalue weighted by Crippen LogP contribution is -3.00. The predicted octanol–water partition coefficient (Wildman–Crippen LogP) is 0.836. The van der Waals surface area contributed by atoms with Crippen LogP contribution in [0.25, 0.3) is 0 Å². The maximum absolute atomic E-state index is 5.58. The Labute approximate surface area is 161 Å². The van der Waals surface area contributed by atoms with Crippen molar-refractivity contribution in [2.24, 2.45) is 0 Å². The quantitative estimate of drug-likeness (QED) is 0.369. The summed E-state index contributed by atoms with van der Waals surface area (Å²) in [7, 11) is 3.40. The van der Waals surface area contributed by atoms with Crippen LogP contribution in [0.1, 0.15) is 11.1 Å². The number of hydrogen-bond acceptors (Lipinski definition) is 2. The van der Waals surface area contributed by atoms with E-state index in [9.17, 15) is 0 Å². The molecular formula is C21H26BrNO2. The summed E-state index contributed by atoms with van der Waals surface area (Å²) in [6.07, 6.45) is 3.16. The molecule has 1 saturated heterocycles. The third-order valence-corrected chi connectivity index (χ3v) is 5.00. The number of hydrogen-bond donors (Lipinski definition) is 0. The molecule has 0 radical (unpaired) electrons. The van der Waals surface area contributed by atoms with Gasteiger partial charge in [-0.1, -0.05) is 36.9 Å². The van der Waals surface area contributed by atoms with Gasteiger partial charge in [-0.05, 0) is 23.8 Å². The summed E-state index contributed by atoms with van der Waals surface area (Å²) in [4.78, 5) is 0. The highest BCUT2D eigenvalue weighted by Gasteiger charge is 2.53. The summed E-state index contributed by atoms with van der Waals surface area (Å²) >= 11 is 0. The summed E-state index contributed by atoms with van der Waals surface area (Å²) in [6.45, 7) is 7.12. The van der Waals surface area contributed by atoms with Crippen LogP contribution in [0, 0.1) is 0 Å². The van der Waals surface area contributed by atoms with E-state index in [1.54, 1.807) is 14.2 Å². The Morgan fingerprint density at radius 2 is 1.88 bits per heavy atom. The highest BCUT2D eigenvalue weighted by Crippen LogP contribution is 2.39. The maximum Gasteiger partial charge on any atom is 0.143 e. The number of benzene rings is 2. The Morgan fingerprint density at radius 3 is 2.52 bits per heavy atom. The van der Waals surface area contributed by atoms with Crippen molar-refractivity contribution in [1.82, 2.24) is 0 Å². The van der Waals surface area contributed by atoms with E-state index in [0.717, 1.165) is 35.5 Å². The molecule has 2 unspecified atom stereocenters. The summed E-state index contributed by atoms with van der Waals surface area (Å²) < 4.78 is 11.9. The van der Waals surface area contributed by atoms with Crippen LogP contribution in [-0.4, -0.2) is 37.8 Å². The van der Waals surface area contributed by atoms with Crippen molar-refractivity contribution >= 4 is 0 Å². The number of methoxy groups -OCH3 is 2. The number of rotatable bonds is 8. The maximum atomic E-state index is 5.58. The lowest BCUT2D eigenvalue weighted by Gasteiger charge is -2.21. The van der Waals surface area contributed by atoms with Crippen molar-refractivity contribution in [3.05, 3.63) is 72.3 Å². The van der Waals surface area contributed by atoms with Crippen molar-refractivity contribution in [3.63, 3.8) is 0 Å². The van der Waals surface area contributed by atoms with Gasteiger partial charge < -0.3 is 30.9 Å². The van der Waals surface area contributed by atoms with Crippen LogP contribution in [0.15, 0.2) is 61.2 Å². The van der Waals surface area contributed by atoms with E-state index in [1.807, 2.05) is 18.2 Å². The first-order valence-electron chi connectivity index (χ1n) is 8.42. The molecule has 0 bridgehead atoms. The van der Waals surface area contributed by atoms with Gasteiger partial charge in [-0.3, -0.25) is 0 Å². The second-order valence-corrected chi connectivity index (χ2v) is 6.55. The first-order valence-corrected chi connectivity index (χ1v) is 8.42. The Morgan fingerprint density at radius 1 is 1.12 bits per heavy atom. The Hall–Kier alpha value is -1.78. The SMILES string of the molecule is C=CC[N+]1(Cc2ccc(OC)cc2OC)CC1Cc1ccccc1.[Br-]. The molecule has 1 aliphatic rings. The molecule has 25 heavy (non-hydrogen) atoms. The topological polar surface area (TPSA) is 18.5 Å². The molecule has 0 saturated carbocycles. The monoisotopic (exact) mass is 403 g/mol. The van der Waals surface area contributed by atoms with Gasteiger partial charge in [0.25, 0.3) is 0 Å². The molecule has 1 heterocycles. The number of nitrogens with zero attached hydrogens (tertiary/aromatic N) is 1. The van der Waals surface area contributed by atoms with Crippen LogP contribution in [0.3, 0.4) is 0 Å². The first kappa shape index (κ1) is 19.5. The average Bonchev–Trinajstić information content (AvgIpc) is 3.27. The summed E-state index contributed by atoms with van der Waals surface area (Å²) in [6, 6.07) is 17.5. The summed E-state index contributed by atoms with van der Waals surface area (Å²) in [5.74, 6) is 1.73. The third-order valence-electron chi connectivity index (χ3n) is 5.00. The summed E-state index contributed by atoms with van der Waals surface area (Å²) in [5, 5.41) is 0. The molecule has 2 aromatic carbocycles. The average molecular weight is 404 g/mol. The highest BCUT2D eigenvalue weighted by atomic mass is 79.9. The molecule has 0 N–H and O–H groups in total. The molecule has 0 aliphatic carbocycles. The molecule has 2 aromatic rings. The molecule has 2 atom stereocenters. The second-order valence-electron chi connectivity index (χ2n) is 6.55. The zero-order chi connectivity index (χ0) is 17.0. The smallest absolute Gasteiger partial charge is 0.143 e. The lowest BCUT2D eigenvalue weighted by atomic mass is 10.1. The highest BCUT2D eigenvalue weighted by molar-refractivity contribution is 5.40. The van der Waals surface area contributed by atoms with Crippen molar-refractivity contribution in [3.8, 4) is 11.5 Å². The van der Waals surface area contributed by atoms with E-state index in [2.05, 4.69) is 43.0 Å². The van der Waals surface area contributed by atoms with Crippen LogP contribution < -0.4 is 26.5 Å². The summed E-state index contributed by atoms with van der Waals surface area (Å²) in [5.41, 5.74) is 2.64. The van der Waals surface area contributed by atoms with Gasteiger partial charge in [-0.15, -0.1) is 0 Å². The van der Waals surface area contributed by atoms with Crippen LogP contribution in [-0.2, 0) is 13.0 Å². The van der Waals surface area contributed by atoms with Gasteiger partial charge in [-0.25, -0.2) is 0 Å². The van der Waals surface area contributed by atoms with Gasteiger partial charge in [0.1, 0.15) is 30.6 Å². The third kappa shape index (κ3) is 4.44. The van der Waals surface area contributed by atoms with E-state index in [-0.39, 0.29) is 17.0 Å². The molecule has 3 rings (SSSR count). The van der Waals surface area contributed by atoms with Gasteiger partial charge in [0.15, 0.2) is 0 Å². The second kappa shape index (κ2) is 8.54. The normalized spacial score (nSPS) is 21.1. The number of quaternary nitrogens is 1. The molecule has 0 aromatic heterocycles. The molecule has 1 aliphatic heterocycles. The van der Waals surface area contributed by atoms with E-state index in [4.69, 9.17) is 9.47 Å².